The minimum absolute atomic E-state index is 0.0203. The summed E-state index contributed by atoms with van der Waals surface area (Å²) in [6.07, 6.45) is -0.660. The van der Waals surface area contributed by atoms with Gasteiger partial charge < -0.3 is 10.0 Å². The van der Waals surface area contributed by atoms with E-state index >= 15 is 0 Å². The highest BCUT2D eigenvalue weighted by atomic mass is 19.3. The summed E-state index contributed by atoms with van der Waals surface area (Å²) >= 11 is 0. The number of likely N-dealkylation sites (tertiary alicyclic amines) is 1. The Morgan fingerprint density at radius 2 is 1.64 bits per heavy atom. The first-order chi connectivity index (χ1) is 13.3. The first-order valence-electron chi connectivity index (χ1n) is 8.70. The van der Waals surface area contributed by atoms with Crippen molar-refractivity contribution >= 4 is 22.9 Å². The van der Waals surface area contributed by atoms with Crippen LogP contribution in [0, 0.1) is 0 Å². The summed E-state index contributed by atoms with van der Waals surface area (Å²) < 4.78 is 28.1. The predicted molar refractivity (Wildman–Crippen MR) is 95.9 cm³/mol. The molecule has 0 aliphatic carbocycles. The van der Waals surface area contributed by atoms with Gasteiger partial charge in [0, 0.05) is 31.5 Å². The Morgan fingerprint density at radius 3 is 2.29 bits per heavy atom. The van der Waals surface area contributed by atoms with Crippen molar-refractivity contribution in [1.82, 2.24) is 19.9 Å². The lowest BCUT2D eigenvalue weighted by Crippen LogP contribution is -2.42. The first kappa shape index (κ1) is 18.0. The molecule has 0 spiro atoms. The number of alkyl halides is 2. The summed E-state index contributed by atoms with van der Waals surface area (Å²) in [5.41, 5.74) is 2.28. The van der Waals surface area contributed by atoms with Gasteiger partial charge in [-0.15, -0.1) is 5.10 Å². The van der Waals surface area contributed by atoms with Gasteiger partial charge in [0.15, 0.2) is 0 Å². The molecule has 0 radical (unpaired) electrons. The summed E-state index contributed by atoms with van der Waals surface area (Å²) in [6.45, 7) is 0.0406. The fourth-order valence-corrected chi connectivity index (χ4v) is 3.21. The zero-order valence-electron chi connectivity index (χ0n) is 14.7. The molecule has 7 nitrogen and oxygen atoms in total. The number of benzene rings is 2. The van der Waals surface area contributed by atoms with Gasteiger partial charge in [0.2, 0.25) is 0 Å². The van der Waals surface area contributed by atoms with Crippen molar-refractivity contribution in [3.05, 3.63) is 53.6 Å². The van der Waals surface area contributed by atoms with E-state index in [2.05, 4.69) is 10.3 Å². The number of nitrogens with zero attached hydrogens (tertiary/aromatic N) is 4. The fourth-order valence-electron chi connectivity index (χ4n) is 3.21. The molecule has 1 saturated heterocycles. The monoisotopic (exact) mass is 386 g/mol. The van der Waals surface area contributed by atoms with Gasteiger partial charge in [0.05, 0.1) is 16.8 Å². The molecule has 2 aromatic carbocycles. The summed E-state index contributed by atoms with van der Waals surface area (Å²) in [5.74, 6) is -4.04. The van der Waals surface area contributed by atoms with E-state index in [4.69, 9.17) is 5.11 Å². The van der Waals surface area contributed by atoms with Crippen LogP contribution in [0.25, 0.3) is 16.7 Å². The van der Waals surface area contributed by atoms with E-state index in [-0.39, 0.29) is 37.4 Å². The summed E-state index contributed by atoms with van der Waals surface area (Å²) in [5, 5.41) is 17.1. The van der Waals surface area contributed by atoms with Gasteiger partial charge in [-0.25, -0.2) is 18.3 Å². The van der Waals surface area contributed by atoms with E-state index in [9.17, 15) is 18.4 Å². The van der Waals surface area contributed by atoms with E-state index in [1.54, 1.807) is 30.3 Å². The van der Waals surface area contributed by atoms with E-state index in [0.717, 1.165) is 0 Å². The second kappa shape index (κ2) is 6.66. The highest BCUT2D eigenvalue weighted by Crippen LogP contribution is 2.28. The summed E-state index contributed by atoms with van der Waals surface area (Å²) in [4.78, 5) is 25.0. The average molecular weight is 386 g/mol. The van der Waals surface area contributed by atoms with Crippen molar-refractivity contribution < 1.29 is 23.5 Å². The van der Waals surface area contributed by atoms with Crippen molar-refractivity contribution in [2.75, 3.05) is 13.1 Å². The standard InChI is InChI=1S/C19H16F2N4O3/c20-19(21)7-9-24(10-8-19)17(26)13-3-6-16-15(11-13)22-23-25(16)14-4-1-12(2-5-14)18(27)28/h1-6,11H,7-10H2,(H,27,28). The van der Waals surface area contributed by atoms with Gasteiger partial charge in [0.1, 0.15) is 5.52 Å². The third kappa shape index (κ3) is 3.30. The van der Waals surface area contributed by atoms with Crippen LogP contribution in [0.2, 0.25) is 0 Å². The molecule has 9 heteroatoms. The molecule has 0 unspecified atom stereocenters. The molecule has 144 valence electrons. The number of hydrogen-bond acceptors (Lipinski definition) is 4. The first-order valence-corrected chi connectivity index (χ1v) is 8.70. The third-order valence-corrected chi connectivity index (χ3v) is 4.83. The van der Waals surface area contributed by atoms with Crippen LogP contribution < -0.4 is 0 Å². The summed E-state index contributed by atoms with van der Waals surface area (Å²) in [7, 11) is 0. The molecule has 1 aliphatic heterocycles. The van der Waals surface area contributed by atoms with Crippen LogP contribution in [0.3, 0.4) is 0 Å². The Labute approximate surface area is 158 Å². The number of carboxylic acid groups (broad SMARTS) is 1. The molecule has 1 amide bonds. The number of aromatic carboxylic acids is 1. The van der Waals surface area contributed by atoms with Gasteiger partial charge in [-0.1, -0.05) is 5.21 Å². The number of rotatable bonds is 3. The molecular formula is C19H16F2N4O3. The molecule has 1 aliphatic rings. The minimum atomic E-state index is -2.71. The number of amides is 1. The number of carbonyl (C=O) groups excluding carboxylic acids is 1. The largest absolute Gasteiger partial charge is 0.478 e. The number of fused-ring (bicyclic) bond motifs is 1. The van der Waals surface area contributed by atoms with Crippen molar-refractivity contribution in [3.63, 3.8) is 0 Å². The minimum Gasteiger partial charge on any atom is -0.478 e. The van der Waals surface area contributed by atoms with Crippen LogP contribution in [-0.2, 0) is 0 Å². The predicted octanol–water partition coefficient (Wildman–Crippen LogP) is 2.99. The van der Waals surface area contributed by atoms with Gasteiger partial charge in [0.25, 0.3) is 11.8 Å². The van der Waals surface area contributed by atoms with E-state index in [1.807, 2.05) is 0 Å². The Balaban J connectivity index is 1.59. The van der Waals surface area contributed by atoms with Crippen LogP contribution >= 0.6 is 0 Å². The highest BCUT2D eigenvalue weighted by Gasteiger charge is 2.35. The number of carboxylic acids is 1. The van der Waals surface area contributed by atoms with Crippen molar-refractivity contribution in [2.45, 2.75) is 18.8 Å². The smallest absolute Gasteiger partial charge is 0.335 e. The lowest BCUT2D eigenvalue weighted by atomic mass is 10.1. The maximum atomic E-state index is 13.3. The van der Waals surface area contributed by atoms with Crippen LogP contribution in [0.4, 0.5) is 8.78 Å². The zero-order chi connectivity index (χ0) is 19.9. The van der Waals surface area contributed by atoms with Gasteiger partial charge in [-0.2, -0.15) is 0 Å². The van der Waals surface area contributed by atoms with E-state index in [1.165, 1.54) is 21.7 Å². The molecule has 2 heterocycles. The van der Waals surface area contributed by atoms with Gasteiger partial charge in [-0.05, 0) is 42.5 Å². The van der Waals surface area contributed by atoms with E-state index < -0.39 is 11.9 Å². The molecule has 1 N–H and O–H groups in total. The maximum absolute atomic E-state index is 13.3. The maximum Gasteiger partial charge on any atom is 0.335 e. The quantitative estimate of drug-likeness (QED) is 0.748. The Hall–Kier alpha value is -3.36. The molecule has 0 atom stereocenters. The summed E-state index contributed by atoms with van der Waals surface area (Å²) in [6, 6.07) is 11.0. The average Bonchev–Trinajstić information content (AvgIpc) is 3.10. The fraction of sp³-hybridized carbons (Fsp3) is 0.263. The zero-order valence-corrected chi connectivity index (χ0v) is 14.7. The van der Waals surface area contributed by atoms with Crippen molar-refractivity contribution in [2.24, 2.45) is 0 Å². The Kier molecular flexibility index (Phi) is 4.29. The number of hydrogen-bond donors (Lipinski definition) is 1. The normalized spacial score (nSPS) is 16.3. The lowest BCUT2D eigenvalue weighted by Gasteiger charge is -2.31. The van der Waals surface area contributed by atoms with Crippen LogP contribution in [0.15, 0.2) is 42.5 Å². The molecule has 1 fully saturated rings. The number of aromatic nitrogens is 3. The Bertz CT molecular complexity index is 1050. The number of piperidine rings is 1. The molecular weight excluding hydrogens is 370 g/mol. The van der Waals surface area contributed by atoms with Crippen molar-refractivity contribution in [1.29, 1.82) is 0 Å². The molecule has 0 bridgehead atoms. The lowest BCUT2D eigenvalue weighted by molar-refractivity contribution is -0.0494. The van der Waals surface area contributed by atoms with Crippen LogP contribution in [0.1, 0.15) is 33.6 Å². The van der Waals surface area contributed by atoms with Gasteiger partial charge >= 0.3 is 5.97 Å². The van der Waals surface area contributed by atoms with Crippen molar-refractivity contribution in [3.8, 4) is 5.69 Å². The number of carbonyl (C=O) groups is 2. The molecule has 1 aromatic heterocycles. The highest BCUT2D eigenvalue weighted by molar-refractivity contribution is 5.97. The third-order valence-electron chi connectivity index (χ3n) is 4.83. The topological polar surface area (TPSA) is 88.3 Å². The molecule has 0 saturated carbocycles. The molecule has 4 rings (SSSR count). The number of halogens is 2. The second-order valence-corrected chi connectivity index (χ2v) is 6.70. The van der Waals surface area contributed by atoms with Crippen LogP contribution in [-0.4, -0.2) is 55.9 Å². The molecule has 28 heavy (non-hydrogen) atoms. The van der Waals surface area contributed by atoms with Gasteiger partial charge in [-0.3, -0.25) is 4.79 Å². The second-order valence-electron chi connectivity index (χ2n) is 6.70. The molecule has 3 aromatic rings. The Morgan fingerprint density at radius 1 is 1.00 bits per heavy atom. The van der Waals surface area contributed by atoms with E-state index in [0.29, 0.717) is 22.3 Å². The van der Waals surface area contributed by atoms with Crippen LogP contribution in [0.5, 0.6) is 0 Å². The SMILES string of the molecule is O=C(O)c1ccc(-n2nnc3cc(C(=O)N4CCC(F)(F)CC4)ccc32)cc1.